The molecule has 2 saturated heterocycles. The lowest BCUT2D eigenvalue weighted by Crippen LogP contribution is -2.63. The highest BCUT2D eigenvalue weighted by Crippen LogP contribution is 2.26. The van der Waals surface area contributed by atoms with Gasteiger partial charge in [0.25, 0.3) is 5.91 Å². The average molecular weight is 492 g/mol. The van der Waals surface area contributed by atoms with Gasteiger partial charge in [-0.25, -0.2) is 14.8 Å². The lowest BCUT2D eigenvalue weighted by atomic mass is 9.97. The molecule has 0 saturated carbocycles. The number of carbonyl (C=O) groups excluding carboxylic acids is 3. The molecular weight excluding hydrogens is 462 g/mol. The van der Waals surface area contributed by atoms with E-state index >= 15 is 0 Å². The summed E-state index contributed by atoms with van der Waals surface area (Å²) in [7, 11) is 1.93. The highest BCUT2D eigenvalue weighted by atomic mass is 35.5. The van der Waals surface area contributed by atoms with Crippen LogP contribution in [0.25, 0.3) is 0 Å². The Balaban J connectivity index is 1.35. The Morgan fingerprint density at radius 1 is 1.09 bits per heavy atom. The van der Waals surface area contributed by atoms with Gasteiger partial charge < -0.3 is 30.4 Å². The van der Waals surface area contributed by atoms with Crippen LogP contribution in [0, 0.1) is 0 Å². The van der Waals surface area contributed by atoms with Crippen molar-refractivity contribution in [1.82, 2.24) is 30.0 Å². The van der Waals surface area contributed by atoms with Crippen LogP contribution in [0.1, 0.15) is 13.8 Å². The number of anilines is 1. The molecule has 3 aliphatic rings. The second-order valence-electron chi connectivity index (χ2n) is 9.27. The Morgan fingerprint density at radius 2 is 1.74 bits per heavy atom. The first kappa shape index (κ1) is 24.1. The highest BCUT2D eigenvalue weighted by molar-refractivity contribution is 6.30. The van der Waals surface area contributed by atoms with Gasteiger partial charge in [0.15, 0.2) is 0 Å². The highest BCUT2D eigenvalue weighted by Gasteiger charge is 2.42. The van der Waals surface area contributed by atoms with Crippen LogP contribution in [-0.2, 0) is 9.59 Å². The smallest absolute Gasteiger partial charge is 0.319 e. The lowest BCUT2D eigenvalue weighted by molar-refractivity contribution is -0.151. The fourth-order valence-corrected chi connectivity index (χ4v) is 4.40. The number of amides is 4. The lowest BCUT2D eigenvalue weighted by Gasteiger charge is -2.41. The summed E-state index contributed by atoms with van der Waals surface area (Å²) in [5.74, 6) is -0.421. The third kappa shape index (κ3) is 5.06. The number of rotatable bonds is 5. The van der Waals surface area contributed by atoms with Gasteiger partial charge in [-0.05, 0) is 38.1 Å². The van der Waals surface area contributed by atoms with Crippen molar-refractivity contribution in [2.45, 2.75) is 25.5 Å². The van der Waals surface area contributed by atoms with Gasteiger partial charge in [0.05, 0.1) is 12.3 Å². The number of aliphatic hydroxyl groups is 1. The summed E-state index contributed by atoms with van der Waals surface area (Å²) < 4.78 is 0. The molecule has 4 rings (SSSR count). The quantitative estimate of drug-likeness (QED) is 0.550. The average Bonchev–Trinajstić information content (AvgIpc) is 3.29. The topological polar surface area (TPSA) is 112 Å². The summed E-state index contributed by atoms with van der Waals surface area (Å²) in [5.41, 5.74) is -0.298. The van der Waals surface area contributed by atoms with E-state index in [9.17, 15) is 19.5 Å². The first-order valence-corrected chi connectivity index (χ1v) is 11.5. The van der Waals surface area contributed by atoms with E-state index in [2.05, 4.69) is 10.6 Å². The number of nitrogens with zero attached hydrogens (tertiary/aromatic N) is 5. The normalized spacial score (nSPS) is 19.8. The van der Waals surface area contributed by atoms with E-state index in [0.717, 1.165) is 0 Å². The number of fused-ring (bicyclic) bond motifs is 1. The van der Waals surface area contributed by atoms with E-state index in [1.54, 1.807) is 34.2 Å². The first-order valence-electron chi connectivity index (χ1n) is 11.1. The number of urea groups is 1. The summed E-state index contributed by atoms with van der Waals surface area (Å²) in [6.07, 6.45) is 1.84. The number of piperazine rings is 1. The van der Waals surface area contributed by atoms with Gasteiger partial charge in [-0.2, -0.15) is 0 Å². The number of hydrazine groups is 1. The van der Waals surface area contributed by atoms with Crippen LogP contribution in [0.3, 0.4) is 0 Å². The van der Waals surface area contributed by atoms with Gasteiger partial charge >= 0.3 is 6.03 Å². The Kier molecular flexibility index (Phi) is 6.61. The molecule has 1 unspecified atom stereocenters. The Morgan fingerprint density at radius 3 is 2.32 bits per heavy atom. The summed E-state index contributed by atoms with van der Waals surface area (Å²) in [6.45, 7) is 5.82. The third-order valence-corrected chi connectivity index (χ3v) is 6.33. The summed E-state index contributed by atoms with van der Waals surface area (Å²) in [5, 5.41) is 20.1. The van der Waals surface area contributed by atoms with Gasteiger partial charge in [0, 0.05) is 50.1 Å². The zero-order valence-electron chi connectivity index (χ0n) is 19.5. The van der Waals surface area contributed by atoms with Gasteiger partial charge in [-0.1, -0.05) is 11.6 Å². The molecule has 3 aliphatic heterocycles. The minimum absolute atomic E-state index is 0.0426. The molecule has 2 fully saturated rings. The molecule has 0 radical (unpaired) electrons. The molecule has 4 amide bonds. The van der Waals surface area contributed by atoms with Crippen LogP contribution in [0.5, 0.6) is 0 Å². The standard InChI is InChI=1S/C22H30ClN7O4/c1-22(2,34)18(25-21(33)24-16-6-4-15(23)5-7-16)20(32)27-8-10-29(11-9-27)30-14-28-13-26(3)12-17(28)19(30)31/h4-7,12,18,34H,8-11,13-14H2,1-3H3,(H2,24,25,33). The number of nitrogens with one attached hydrogen (secondary N) is 2. The Bertz CT molecular complexity index is 986. The van der Waals surface area contributed by atoms with Crippen molar-refractivity contribution in [3.8, 4) is 0 Å². The second kappa shape index (κ2) is 9.32. The monoisotopic (exact) mass is 491 g/mol. The zero-order chi connectivity index (χ0) is 24.6. The minimum Gasteiger partial charge on any atom is -0.388 e. The van der Waals surface area contributed by atoms with Crippen molar-refractivity contribution < 1.29 is 19.5 Å². The predicted octanol–water partition coefficient (Wildman–Crippen LogP) is 0.506. The van der Waals surface area contributed by atoms with E-state index in [1.165, 1.54) is 13.8 Å². The van der Waals surface area contributed by atoms with Crippen molar-refractivity contribution in [3.05, 3.63) is 41.2 Å². The van der Waals surface area contributed by atoms with Crippen molar-refractivity contribution in [3.63, 3.8) is 0 Å². The maximum atomic E-state index is 13.2. The van der Waals surface area contributed by atoms with Crippen LogP contribution in [-0.4, -0.2) is 106 Å². The Hall–Kier alpha value is -3.02. The minimum atomic E-state index is -1.49. The van der Waals surface area contributed by atoms with Crippen LogP contribution >= 0.6 is 11.6 Å². The van der Waals surface area contributed by atoms with E-state index in [1.807, 2.05) is 28.1 Å². The number of hydrogen-bond donors (Lipinski definition) is 3. The molecule has 34 heavy (non-hydrogen) atoms. The molecule has 11 nitrogen and oxygen atoms in total. The number of hydrogen-bond acceptors (Lipinski definition) is 7. The van der Waals surface area contributed by atoms with Crippen molar-refractivity contribution >= 4 is 35.1 Å². The first-order chi connectivity index (χ1) is 16.0. The van der Waals surface area contributed by atoms with E-state index in [-0.39, 0.29) is 11.8 Å². The maximum Gasteiger partial charge on any atom is 0.319 e. The third-order valence-electron chi connectivity index (χ3n) is 6.08. The summed E-state index contributed by atoms with van der Waals surface area (Å²) in [4.78, 5) is 44.1. The Labute approximate surface area is 203 Å². The van der Waals surface area contributed by atoms with Crippen LogP contribution < -0.4 is 10.6 Å². The zero-order valence-corrected chi connectivity index (χ0v) is 20.2. The predicted molar refractivity (Wildman–Crippen MR) is 126 cm³/mol. The van der Waals surface area contributed by atoms with Crippen LogP contribution in [0.4, 0.5) is 10.5 Å². The SMILES string of the molecule is CN1C=C2C(=O)N(N3CCN(C(=O)C(NC(=O)Nc4ccc(Cl)cc4)C(C)(C)O)CC3)CN2C1. The molecule has 3 N–H and O–H groups in total. The van der Waals surface area contributed by atoms with Crippen molar-refractivity contribution in [2.24, 2.45) is 0 Å². The fraction of sp³-hybridized carbons (Fsp3) is 0.500. The van der Waals surface area contributed by atoms with Crippen molar-refractivity contribution in [1.29, 1.82) is 0 Å². The second-order valence-corrected chi connectivity index (χ2v) is 9.71. The van der Waals surface area contributed by atoms with E-state index < -0.39 is 17.7 Å². The molecule has 12 heteroatoms. The largest absolute Gasteiger partial charge is 0.388 e. The summed E-state index contributed by atoms with van der Waals surface area (Å²) in [6, 6.07) is 4.80. The molecular formula is C22H30ClN7O4. The molecule has 1 aromatic rings. The van der Waals surface area contributed by atoms with Crippen LogP contribution in [0.2, 0.25) is 5.02 Å². The van der Waals surface area contributed by atoms with Gasteiger partial charge in [0.1, 0.15) is 18.4 Å². The number of halogens is 1. The van der Waals surface area contributed by atoms with Gasteiger partial charge in [-0.3, -0.25) is 9.59 Å². The van der Waals surface area contributed by atoms with Crippen LogP contribution in [0.15, 0.2) is 36.2 Å². The van der Waals surface area contributed by atoms with Gasteiger partial charge in [0.2, 0.25) is 5.91 Å². The molecule has 3 heterocycles. The molecule has 0 aliphatic carbocycles. The molecule has 1 atom stereocenters. The fourth-order valence-electron chi connectivity index (χ4n) is 4.28. The summed E-state index contributed by atoms with van der Waals surface area (Å²) >= 11 is 5.87. The van der Waals surface area contributed by atoms with E-state index in [0.29, 0.717) is 55.9 Å². The number of benzene rings is 1. The molecule has 0 aromatic heterocycles. The van der Waals surface area contributed by atoms with E-state index in [4.69, 9.17) is 11.6 Å². The molecule has 0 spiro atoms. The molecule has 0 bridgehead atoms. The maximum absolute atomic E-state index is 13.2. The number of carbonyl (C=O) groups is 3. The van der Waals surface area contributed by atoms with Gasteiger partial charge in [-0.15, -0.1) is 0 Å². The molecule has 184 valence electrons. The molecule has 1 aromatic carbocycles. The van der Waals surface area contributed by atoms with Crippen molar-refractivity contribution in [2.75, 3.05) is 51.9 Å².